The number of rotatable bonds is 9. The van der Waals surface area contributed by atoms with Crippen molar-refractivity contribution in [2.45, 2.75) is 93.8 Å². The van der Waals surface area contributed by atoms with E-state index in [2.05, 4.69) is 24.8 Å². The summed E-state index contributed by atoms with van der Waals surface area (Å²) in [4.78, 5) is 25.0. The van der Waals surface area contributed by atoms with E-state index in [9.17, 15) is 9.18 Å². The Labute approximate surface area is 260 Å². The van der Waals surface area contributed by atoms with E-state index < -0.39 is 5.82 Å². The highest BCUT2D eigenvalue weighted by atomic mass is 19.1. The van der Waals surface area contributed by atoms with E-state index in [1.807, 2.05) is 60.6 Å². The van der Waals surface area contributed by atoms with Crippen LogP contribution in [0.25, 0.3) is 11.3 Å². The molecule has 2 aromatic carbocycles. The fourth-order valence-corrected chi connectivity index (χ4v) is 3.98. The summed E-state index contributed by atoms with van der Waals surface area (Å²) in [6, 6.07) is 13.7. The monoisotopic (exact) mass is 591 g/mol. The lowest BCUT2D eigenvalue weighted by Crippen LogP contribution is -2.29. The summed E-state index contributed by atoms with van der Waals surface area (Å²) in [5.41, 5.74) is 10.5. The molecule has 0 aliphatic heterocycles. The number of aryl methyl sites for hydroxylation is 2. The number of nitrogens with zero attached hydrogens (tertiary/aromatic N) is 1. The molecule has 8 heteroatoms. The SMILES string of the molecule is CC.CC.CC1CC1.N=O.[B]C(CNC(=O)c1ccc(OCC)c(C)c1)c1cc(CCC)c(C)c(-c2ccc(F)cc2)n1. The van der Waals surface area contributed by atoms with Gasteiger partial charge in [0, 0.05) is 23.4 Å². The minimum atomic E-state index is -0.479. The van der Waals surface area contributed by atoms with E-state index in [4.69, 9.17) is 22.5 Å². The first-order chi connectivity index (χ1) is 20.7. The zero-order chi connectivity index (χ0) is 32.9. The lowest BCUT2D eigenvalue weighted by Gasteiger charge is -2.18. The third-order valence-corrected chi connectivity index (χ3v) is 6.50. The lowest BCUT2D eigenvalue weighted by molar-refractivity contribution is 0.0953. The van der Waals surface area contributed by atoms with Gasteiger partial charge in [0.15, 0.2) is 0 Å². The van der Waals surface area contributed by atoms with Gasteiger partial charge < -0.3 is 10.1 Å². The Morgan fingerprint density at radius 1 is 1.05 bits per heavy atom. The van der Waals surface area contributed by atoms with Crippen molar-refractivity contribution in [2.75, 3.05) is 13.2 Å². The van der Waals surface area contributed by atoms with Gasteiger partial charge in [0.05, 0.1) is 20.1 Å². The molecule has 4 rings (SSSR count). The van der Waals surface area contributed by atoms with Gasteiger partial charge in [-0.05, 0) is 104 Å². The summed E-state index contributed by atoms with van der Waals surface area (Å²) in [6.45, 7) is 19.1. The van der Waals surface area contributed by atoms with E-state index in [0.29, 0.717) is 17.9 Å². The van der Waals surface area contributed by atoms with Gasteiger partial charge in [-0.2, -0.15) is 4.91 Å². The van der Waals surface area contributed by atoms with E-state index in [1.165, 1.54) is 25.0 Å². The van der Waals surface area contributed by atoms with Gasteiger partial charge in [-0.3, -0.25) is 9.78 Å². The second kappa shape index (κ2) is 22.1. The molecular weight excluding hydrogens is 540 g/mol. The van der Waals surface area contributed by atoms with Crippen molar-refractivity contribution in [1.82, 2.24) is 10.3 Å². The number of nitroso groups, excluding NO2 is 1. The van der Waals surface area contributed by atoms with Crippen LogP contribution in [-0.4, -0.2) is 31.9 Å². The molecule has 0 saturated heterocycles. The molecule has 1 unspecified atom stereocenters. The van der Waals surface area contributed by atoms with Crippen LogP contribution in [0.3, 0.4) is 0 Å². The second-order valence-electron chi connectivity index (χ2n) is 9.85. The van der Waals surface area contributed by atoms with Crippen molar-refractivity contribution in [1.29, 1.82) is 5.59 Å². The summed E-state index contributed by atoms with van der Waals surface area (Å²) in [6.07, 6.45) is 4.84. The van der Waals surface area contributed by atoms with E-state index in [1.54, 1.807) is 24.3 Å². The number of ether oxygens (including phenoxy) is 1. The van der Waals surface area contributed by atoms with Gasteiger partial charge in [-0.15, -0.1) is 0 Å². The van der Waals surface area contributed by atoms with Crippen molar-refractivity contribution in [3.05, 3.63) is 87.2 Å². The summed E-state index contributed by atoms with van der Waals surface area (Å²) in [5, 5.41) is 2.91. The average molecular weight is 592 g/mol. The standard InChI is InChI=1S/C27H30BFN2O2.C4H8.2C2H6.HNO/c1-5-7-20-15-24(31-26(18(20)4)19-8-11-22(29)12-9-19)23(28)16-30-27(32)21-10-13-25(33-6-2)17(3)14-21;1-4-2-3-4;3*1-2/h8-15,23H,5-7,16H2,1-4H3,(H,30,32);4H,2-3H2,1H3;2*1-2H3;1H. The molecule has 43 heavy (non-hydrogen) atoms. The van der Waals surface area contributed by atoms with Crippen LogP contribution in [0.15, 0.2) is 48.5 Å². The Hall–Kier alpha value is -3.55. The maximum atomic E-state index is 13.4. The molecule has 0 bridgehead atoms. The molecule has 1 aromatic heterocycles. The Morgan fingerprint density at radius 2 is 1.63 bits per heavy atom. The van der Waals surface area contributed by atoms with Crippen LogP contribution < -0.4 is 10.1 Å². The molecular formula is C35H51BFN3O3. The first kappa shape index (κ1) is 39.5. The molecule has 1 atom stereocenters. The van der Waals surface area contributed by atoms with Crippen molar-refractivity contribution in [3.63, 3.8) is 0 Å². The minimum absolute atomic E-state index is 0.198. The fourth-order valence-electron chi connectivity index (χ4n) is 3.98. The topological polar surface area (TPSA) is 92.1 Å². The number of hydrogen-bond acceptors (Lipinski definition) is 5. The molecule has 1 aliphatic carbocycles. The molecule has 2 N–H and O–H groups in total. The third-order valence-electron chi connectivity index (χ3n) is 6.50. The highest BCUT2D eigenvalue weighted by Crippen LogP contribution is 2.28. The van der Waals surface area contributed by atoms with Crippen LogP contribution in [0, 0.1) is 36.1 Å². The normalized spacial score (nSPS) is 11.9. The van der Waals surface area contributed by atoms with Crippen molar-refractivity contribution in [2.24, 2.45) is 5.92 Å². The van der Waals surface area contributed by atoms with Crippen molar-refractivity contribution in [3.8, 4) is 17.0 Å². The summed E-state index contributed by atoms with van der Waals surface area (Å²) in [7, 11) is 6.44. The number of halogens is 1. The zero-order valence-corrected chi connectivity index (χ0v) is 27.6. The first-order valence-electron chi connectivity index (χ1n) is 15.5. The number of amides is 1. The molecule has 2 radical (unpaired) electrons. The molecule has 1 heterocycles. The second-order valence-corrected chi connectivity index (χ2v) is 9.85. The van der Waals surface area contributed by atoms with Crippen LogP contribution >= 0.6 is 0 Å². The molecule has 1 amide bonds. The number of benzene rings is 2. The maximum absolute atomic E-state index is 13.4. The molecule has 234 valence electrons. The number of carbonyl (C=O) groups is 1. The number of hydrogen-bond donors (Lipinski definition) is 2. The Bertz CT molecular complexity index is 1220. The Balaban J connectivity index is 0.00000154. The predicted octanol–water partition coefficient (Wildman–Crippen LogP) is 9.30. The van der Waals surface area contributed by atoms with Gasteiger partial charge in [0.25, 0.3) is 5.91 Å². The number of nitrogens with one attached hydrogen (secondary N) is 2. The molecule has 1 saturated carbocycles. The number of carbonyl (C=O) groups excluding carboxylic acids is 1. The van der Waals surface area contributed by atoms with Crippen LogP contribution in [0.2, 0.25) is 0 Å². The average Bonchev–Trinajstić information content (AvgIpc) is 3.83. The zero-order valence-electron chi connectivity index (χ0n) is 27.6. The fraction of sp³-hybridized carbons (Fsp3) is 0.486. The summed E-state index contributed by atoms with van der Waals surface area (Å²) < 4.78 is 19.0. The predicted molar refractivity (Wildman–Crippen MR) is 179 cm³/mol. The molecule has 6 nitrogen and oxygen atoms in total. The van der Waals surface area contributed by atoms with Gasteiger partial charge in [0.1, 0.15) is 11.6 Å². The summed E-state index contributed by atoms with van der Waals surface area (Å²) >= 11 is 0. The van der Waals surface area contributed by atoms with E-state index in [-0.39, 0.29) is 18.3 Å². The Morgan fingerprint density at radius 3 is 2.12 bits per heavy atom. The number of aromatic nitrogens is 1. The van der Waals surface area contributed by atoms with E-state index in [0.717, 1.165) is 52.5 Å². The third kappa shape index (κ3) is 13.5. The number of pyridine rings is 1. The quantitative estimate of drug-likeness (QED) is 0.192. The smallest absolute Gasteiger partial charge is 0.251 e. The van der Waals surface area contributed by atoms with Crippen LogP contribution in [0.5, 0.6) is 5.75 Å². The molecule has 0 spiro atoms. The van der Waals surface area contributed by atoms with Gasteiger partial charge in [-0.1, -0.05) is 66.4 Å². The molecule has 1 fully saturated rings. The highest BCUT2D eigenvalue weighted by Gasteiger charge is 2.16. The highest BCUT2D eigenvalue weighted by molar-refractivity contribution is 6.12. The Kier molecular flexibility index (Phi) is 20.2. The minimum Gasteiger partial charge on any atom is -0.494 e. The lowest BCUT2D eigenvalue weighted by atomic mass is 9.82. The van der Waals surface area contributed by atoms with Gasteiger partial charge >= 0.3 is 0 Å². The van der Waals surface area contributed by atoms with Gasteiger partial charge in [0.2, 0.25) is 0 Å². The summed E-state index contributed by atoms with van der Waals surface area (Å²) in [5.74, 6) is 0.890. The molecule has 3 aromatic rings. The molecule has 1 aliphatic rings. The van der Waals surface area contributed by atoms with Crippen molar-refractivity contribution < 1.29 is 13.9 Å². The maximum Gasteiger partial charge on any atom is 0.251 e. The van der Waals surface area contributed by atoms with Gasteiger partial charge in [-0.25, -0.2) is 4.39 Å². The van der Waals surface area contributed by atoms with Crippen molar-refractivity contribution >= 4 is 13.8 Å². The van der Waals surface area contributed by atoms with Crippen LogP contribution in [-0.2, 0) is 6.42 Å². The largest absolute Gasteiger partial charge is 0.494 e. The van der Waals surface area contributed by atoms with Crippen LogP contribution in [0.4, 0.5) is 4.39 Å². The van der Waals surface area contributed by atoms with E-state index >= 15 is 0 Å². The van der Waals surface area contributed by atoms with Crippen LogP contribution in [0.1, 0.15) is 106 Å². The first-order valence-corrected chi connectivity index (χ1v) is 15.5.